The number of carboxylic acid groups (broad SMARTS) is 1. The number of nitrogens with two attached hydrogens (primary N) is 1. The molecule has 7 nitrogen and oxygen atoms in total. The van der Waals surface area contributed by atoms with E-state index in [0.29, 0.717) is 6.42 Å². The van der Waals surface area contributed by atoms with Gasteiger partial charge in [-0.25, -0.2) is 9.97 Å². The maximum Gasteiger partial charge on any atom is 0.305 e. The van der Waals surface area contributed by atoms with Crippen LogP contribution < -0.4 is 15.6 Å². The molecule has 1 aliphatic rings. The number of aryl methyl sites for hydroxylation is 2. The molecule has 1 aromatic carbocycles. The van der Waals surface area contributed by atoms with Gasteiger partial charge < -0.3 is 10.4 Å². The fourth-order valence-electron chi connectivity index (χ4n) is 4.58. The first-order chi connectivity index (χ1) is 16.6. The molecule has 1 unspecified atom stereocenters. The number of carboxylic acids is 1. The number of aliphatic carboxylic acids is 1. The Labute approximate surface area is 200 Å². The highest BCUT2D eigenvalue weighted by Crippen LogP contribution is 2.20. The van der Waals surface area contributed by atoms with Gasteiger partial charge in [-0.3, -0.25) is 14.9 Å². The van der Waals surface area contributed by atoms with Gasteiger partial charge >= 0.3 is 5.97 Å². The predicted molar refractivity (Wildman–Crippen MR) is 129 cm³/mol. The summed E-state index contributed by atoms with van der Waals surface area (Å²) in [6, 6.07) is 13.6. The highest BCUT2D eigenvalue weighted by Gasteiger charge is 2.20. The van der Waals surface area contributed by atoms with Crippen LogP contribution in [-0.4, -0.2) is 28.5 Å². The van der Waals surface area contributed by atoms with Gasteiger partial charge in [0.25, 0.3) is 0 Å². The van der Waals surface area contributed by atoms with Gasteiger partial charge in [0.05, 0.1) is 19.0 Å². The summed E-state index contributed by atoms with van der Waals surface area (Å²) in [5, 5.41) is 15.5. The molecular weight excluding hydrogens is 428 g/mol. The molecule has 0 spiro atoms. The number of H-pyrrole nitrogens is 1. The molecule has 178 valence electrons. The number of aromatic nitrogens is 2. The van der Waals surface area contributed by atoms with Crippen molar-refractivity contribution in [3.63, 3.8) is 0 Å². The number of para-hydroxylation sites is 1. The lowest BCUT2D eigenvalue weighted by molar-refractivity contribution is -0.579. The molecule has 1 amide bonds. The van der Waals surface area contributed by atoms with E-state index in [1.807, 2.05) is 30.3 Å². The number of hydrogen-bond acceptors (Lipinski definition) is 3. The Balaban J connectivity index is 1.21. The normalized spacial score (nSPS) is 13.9. The summed E-state index contributed by atoms with van der Waals surface area (Å²) in [5.74, 6) is 0.124. The van der Waals surface area contributed by atoms with Crippen LogP contribution in [0.3, 0.4) is 0 Å². The third kappa shape index (κ3) is 6.60. The average molecular weight is 463 g/mol. The maximum absolute atomic E-state index is 12.5. The van der Waals surface area contributed by atoms with E-state index in [0.717, 1.165) is 67.2 Å². The van der Waals surface area contributed by atoms with Gasteiger partial charge in [-0.05, 0) is 49.9 Å². The van der Waals surface area contributed by atoms with Gasteiger partial charge in [0, 0.05) is 41.1 Å². The SMILES string of the molecule is O=C(O)CC(NC(=O)CCCCCCc1ccc2c(n1)[NH2+]CCC2)c1c[nH+]c2ccccc2c1. The molecule has 0 fully saturated rings. The van der Waals surface area contributed by atoms with Crippen LogP contribution >= 0.6 is 0 Å². The Hall–Kier alpha value is -3.32. The lowest BCUT2D eigenvalue weighted by Crippen LogP contribution is -2.80. The van der Waals surface area contributed by atoms with Crippen LogP contribution in [0.4, 0.5) is 5.82 Å². The summed E-state index contributed by atoms with van der Waals surface area (Å²) < 4.78 is 0. The zero-order valence-corrected chi connectivity index (χ0v) is 19.6. The van der Waals surface area contributed by atoms with E-state index in [1.165, 1.54) is 17.8 Å². The number of pyridine rings is 2. The number of hydrogen-bond donors (Lipinski definition) is 3. The number of nitrogens with one attached hydrogen (secondary N) is 2. The number of rotatable bonds is 11. The van der Waals surface area contributed by atoms with Gasteiger partial charge in [-0.15, -0.1) is 0 Å². The van der Waals surface area contributed by atoms with Crippen LogP contribution in [-0.2, 0) is 22.4 Å². The Kier molecular flexibility index (Phi) is 8.20. The van der Waals surface area contributed by atoms with Crippen LogP contribution in [0.2, 0.25) is 0 Å². The number of benzene rings is 1. The summed E-state index contributed by atoms with van der Waals surface area (Å²) in [4.78, 5) is 31.9. The third-order valence-corrected chi connectivity index (χ3v) is 6.44. The quantitative estimate of drug-likeness (QED) is 0.381. The second kappa shape index (κ2) is 11.7. The molecule has 3 heterocycles. The van der Waals surface area contributed by atoms with Crippen molar-refractivity contribution in [3.8, 4) is 0 Å². The van der Waals surface area contributed by atoms with Crippen LogP contribution in [0.5, 0.6) is 0 Å². The van der Waals surface area contributed by atoms with E-state index in [1.54, 1.807) is 6.20 Å². The highest BCUT2D eigenvalue weighted by molar-refractivity contribution is 5.79. The lowest BCUT2D eigenvalue weighted by Gasteiger charge is -2.16. The summed E-state index contributed by atoms with van der Waals surface area (Å²) in [6.07, 6.45) is 9.22. The molecule has 0 aliphatic carbocycles. The van der Waals surface area contributed by atoms with E-state index >= 15 is 0 Å². The van der Waals surface area contributed by atoms with Crippen molar-refractivity contribution in [3.05, 3.63) is 65.5 Å². The van der Waals surface area contributed by atoms with Crippen molar-refractivity contribution >= 4 is 28.6 Å². The smallest absolute Gasteiger partial charge is 0.305 e. The highest BCUT2D eigenvalue weighted by atomic mass is 16.4. The van der Waals surface area contributed by atoms with Crippen molar-refractivity contribution in [1.82, 2.24) is 10.3 Å². The van der Waals surface area contributed by atoms with Crippen molar-refractivity contribution in [2.45, 2.75) is 63.8 Å². The Bertz CT molecular complexity index is 1150. The number of quaternary nitrogens is 1. The van der Waals surface area contributed by atoms with Crippen molar-refractivity contribution in [1.29, 1.82) is 0 Å². The summed E-state index contributed by atoms with van der Waals surface area (Å²) in [7, 11) is 0. The van der Waals surface area contributed by atoms with Crippen molar-refractivity contribution in [2.75, 3.05) is 6.54 Å². The fourth-order valence-corrected chi connectivity index (χ4v) is 4.58. The molecule has 5 N–H and O–H groups in total. The first-order valence-electron chi connectivity index (χ1n) is 12.3. The van der Waals surface area contributed by atoms with Gasteiger partial charge in [0.2, 0.25) is 17.2 Å². The number of amides is 1. The van der Waals surface area contributed by atoms with Crippen LogP contribution in [0, 0.1) is 0 Å². The van der Waals surface area contributed by atoms with Gasteiger partial charge in [0.1, 0.15) is 0 Å². The Morgan fingerprint density at radius 2 is 1.97 bits per heavy atom. The summed E-state index contributed by atoms with van der Waals surface area (Å²) >= 11 is 0. The molecule has 0 saturated carbocycles. The molecular formula is C27H34N4O3+2. The van der Waals surface area contributed by atoms with Crippen LogP contribution in [0.15, 0.2) is 48.7 Å². The number of nitrogens with zero attached hydrogens (tertiary/aromatic N) is 1. The molecule has 2 aromatic heterocycles. The lowest BCUT2D eigenvalue weighted by atomic mass is 10.0. The van der Waals surface area contributed by atoms with Gasteiger partial charge in [0.15, 0.2) is 6.20 Å². The molecule has 0 radical (unpaired) electrons. The molecule has 34 heavy (non-hydrogen) atoms. The fraction of sp³-hybridized carbons (Fsp3) is 0.407. The van der Waals surface area contributed by atoms with E-state index in [2.05, 4.69) is 27.8 Å². The van der Waals surface area contributed by atoms with Crippen molar-refractivity contribution < 1.29 is 25.0 Å². The molecule has 4 rings (SSSR count). The third-order valence-electron chi connectivity index (χ3n) is 6.44. The zero-order chi connectivity index (χ0) is 23.8. The van der Waals surface area contributed by atoms with E-state index in [4.69, 9.17) is 4.98 Å². The molecule has 0 bridgehead atoms. The van der Waals surface area contributed by atoms with Crippen LogP contribution in [0.1, 0.15) is 67.8 Å². The number of carbonyl (C=O) groups excluding carboxylic acids is 1. The minimum absolute atomic E-state index is 0.105. The van der Waals surface area contributed by atoms with E-state index in [-0.39, 0.29) is 12.3 Å². The van der Waals surface area contributed by atoms with Crippen LogP contribution in [0.25, 0.3) is 10.9 Å². The van der Waals surface area contributed by atoms with Gasteiger partial charge in [-0.2, -0.15) is 0 Å². The molecule has 1 atom stereocenters. The molecule has 1 aliphatic heterocycles. The molecule has 7 heteroatoms. The maximum atomic E-state index is 12.5. The van der Waals surface area contributed by atoms with Gasteiger partial charge in [-0.1, -0.05) is 25.0 Å². The molecule has 3 aromatic rings. The largest absolute Gasteiger partial charge is 0.481 e. The number of aromatic amines is 1. The molecule has 0 saturated heterocycles. The minimum Gasteiger partial charge on any atom is -0.481 e. The first-order valence-corrected chi connectivity index (χ1v) is 12.3. The predicted octanol–water partition coefficient (Wildman–Crippen LogP) is 3.02. The Morgan fingerprint density at radius 3 is 2.85 bits per heavy atom. The monoisotopic (exact) mass is 462 g/mol. The zero-order valence-electron chi connectivity index (χ0n) is 19.6. The number of carbonyl (C=O) groups is 2. The number of fused-ring (bicyclic) bond motifs is 2. The number of unbranched alkanes of at least 4 members (excludes halogenated alkanes) is 3. The average Bonchev–Trinajstić information content (AvgIpc) is 2.85. The second-order valence-corrected chi connectivity index (χ2v) is 9.10. The summed E-state index contributed by atoms with van der Waals surface area (Å²) in [5.41, 5.74) is 4.25. The van der Waals surface area contributed by atoms with E-state index < -0.39 is 12.0 Å². The van der Waals surface area contributed by atoms with Crippen molar-refractivity contribution in [2.24, 2.45) is 0 Å². The first kappa shape index (κ1) is 23.8. The second-order valence-electron chi connectivity index (χ2n) is 9.10. The van der Waals surface area contributed by atoms with E-state index in [9.17, 15) is 14.7 Å². The minimum atomic E-state index is -0.938. The standard InChI is InChI=1S/C27H32N4O3/c32-25(12-4-2-1-3-10-22-14-13-19-9-7-15-28-27(19)30-22)31-24(17-26(33)34)21-16-20-8-5-6-11-23(20)29-18-21/h5-6,8,11,13-14,16,18,24H,1-4,7,9-10,12,15,17H2,(H,28,30)(H,31,32)(H,33,34)/p+2. The Morgan fingerprint density at radius 1 is 1.12 bits per heavy atom. The summed E-state index contributed by atoms with van der Waals surface area (Å²) in [6.45, 7) is 1.12. The topological polar surface area (TPSA) is 110 Å².